The van der Waals surface area contributed by atoms with Crippen molar-refractivity contribution >= 4 is 17.3 Å². The molecule has 8 aliphatic heterocycles. The van der Waals surface area contributed by atoms with Crippen LogP contribution in [0.3, 0.4) is 0 Å². The van der Waals surface area contributed by atoms with Gasteiger partial charge in [-0.1, -0.05) is 43.3 Å². The summed E-state index contributed by atoms with van der Waals surface area (Å²) in [6.45, 7) is 5.84. The highest BCUT2D eigenvalue weighted by atomic mass is 16.6. The fourth-order valence-corrected chi connectivity index (χ4v) is 16.1. The summed E-state index contributed by atoms with van der Waals surface area (Å²) in [4.78, 5) is 22.9. The van der Waals surface area contributed by atoms with Crippen molar-refractivity contribution in [2.45, 2.75) is 105 Å². The highest BCUT2D eigenvalue weighted by molar-refractivity contribution is 5.82. The third-order valence-electron chi connectivity index (χ3n) is 17.1. The van der Waals surface area contributed by atoms with Crippen LogP contribution < -0.4 is 10.2 Å². The SMILES string of the molecule is CCC12CC3=C4N(c5ccccc5C45CCN(CC4OC41)C52)C1CC3C23CCC4(Nc5ccccc5C45CCN1C25)C(C(=O)OC)C3. The Kier molecular flexibility index (Phi) is 4.23. The second-order valence-corrected chi connectivity index (χ2v) is 17.5. The van der Waals surface area contributed by atoms with E-state index in [0.717, 1.165) is 38.8 Å². The van der Waals surface area contributed by atoms with E-state index in [9.17, 15) is 4.79 Å². The van der Waals surface area contributed by atoms with E-state index in [1.165, 1.54) is 49.2 Å². The van der Waals surface area contributed by atoms with E-state index in [1.54, 1.807) is 23.9 Å². The van der Waals surface area contributed by atoms with Gasteiger partial charge in [0.25, 0.3) is 0 Å². The Bertz CT molecular complexity index is 1890. The number of epoxide rings is 1. The summed E-state index contributed by atoms with van der Waals surface area (Å²) in [6, 6.07) is 19.6. The molecular formula is C40H44N4O3. The summed E-state index contributed by atoms with van der Waals surface area (Å²) in [7, 11) is 1.62. The molecule has 1 N–H and O–H groups in total. The highest BCUT2D eigenvalue weighted by Gasteiger charge is 2.84. The first-order valence-electron chi connectivity index (χ1n) is 18.7. The van der Waals surface area contributed by atoms with Crippen LogP contribution in [-0.2, 0) is 25.1 Å². The number of anilines is 2. The number of nitrogens with one attached hydrogen (secondary N) is 1. The molecule has 7 heteroatoms. The third kappa shape index (κ3) is 2.33. The summed E-state index contributed by atoms with van der Waals surface area (Å²) in [6.07, 6.45) is 10.2. The molecule has 0 aromatic heterocycles. The molecule has 12 aliphatic rings. The van der Waals surface area contributed by atoms with Crippen molar-refractivity contribution in [2.75, 3.05) is 37.0 Å². The van der Waals surface area contributed by atoms with E-state index in [2.05, 4.69) is 75.5 Å². The van der Waals surface area contributed by atoms with Crippen molar-refractivity contribution < 1.29 is 14.3 Å². The van der Waals surface area contributed by atoms with Gasteiger partial charge in [-0.15, -0.1) is 0 Å². The summed E-state index contributed by atoms with van der Waals surface area (Å²) in [5.74, 6) is 0.352. The molecule has 2 aromatic carbocycles. The van der Waals surface area contributed by atoms with Crippen LogP contribution in [0, 0.1) is 22.7 Å². The van der Waals surface area contributed by atoms with Crippen LogP contribution in [-0.4, -0.2) is 78.5 Å². The van der Waals surface area contributed by atoms with Gasteiger partial charge in [-0.25, -0.2) is 0 Å². The highest BCUT2D eigenvalue weighted by Crippen LogP contribution is 2.80. The molecule has 2 aromatic rings. The zero-order chi connectivity index (χ0) is 30.9. The summed E-state index contributed by atoms with van der Waals surface area (Å²) in [5.41, 5.74) is 9.14. The monoisotopic (exact) mass is 628 g/mol. The molecule has 242 valence electrons. The van der Waals surface area contributed by atoms with E-state index < -0.39 is 0 Å². The molecule has 47 heavy (non-hydrogen) atoms. The predicted octanol–water partition coefficient (Wildman–Crippen LogP) is 5.16. The average Bonchev–Trinajstić information content (AvgIpc) is 3.38. The summed E-state index contributed by atoms with van der Waals surface area (Å²) >= 11 is 0. The largest absolute Gasteiger partial charge is 0.469 e. The zero-order valence-corrected chi connectivity index (χ0v) is 27.5. The predicted molar refractivity (Wildman–Crippen MR) is 177 cm³/mol. The number of nitrogens with zero attached hydrogens (tertiary/aromatic N) is 3. The van der Waals surface area contributed by atoms with Crippen LogP contribution in [0.15, 0.2) is 59.8 Å². The Balaban J connectivity index is 1.11. The molecule has 8 fully saturated rings. The fourth-order valence-electron chi connectivity index (χ4n) is 16.1. The average molecular weight is 629 g/mol. The Morgan fingerprint density at radius 1 is 1.02 bits per heavy atom. The number of carbonyl (C=O) groups excluding carboxylic acids is 1. The van der Waals surface area contributed by atoms with Crippen LogP contribution >= 0.6 is 0 Å². The lowest BCUT2D eigenvalue weighted by atomic mass is 9.35. The number of methoxy groups -OCH3 is 1. The molecule has 0 amide bonds. The minimum absolute atomic E-state index is 0.00397. The van der Waals surface area contributed by atoms with Gasteiger partial charge in [-0.2, -0.15) is 0 Å². The van der Waals surface area contributed by atoms with E-state index in [-0.39, 0.29) is 39.1 Å². The van der Waals surface area contributed by atoms with E-state index in [4.69, 9.17) is 9.47 Å². The number of benzene rings is 2. The minimum Gasteiger partial charge on any atom is -0.469 e. The van der Waals surface area contributed by atoms with Gasteiger partial charge in [-0.05, 0) is 98.1 Å². The van der Waals surface area contributed by atoms with Gasteiger partial charge in [0.2, 0.25) is 0 Å². The molecule has 4 bridgehead atoms. The Hall–Kier alpha value is -2.87. The van der Waals surface area contributed by atoms with Crippen LogP contribution in [0.5, 0.6) is 0 Å². The van der Waals surface area contributed by atoms with Crippen LogP contribution in [0.4, 0.5) is 11.4 Å². The number of fused-ring (bicyclic) bond motifs is 12. The number of piperidine rings is 2. The Morgan fingerprint density at radius 3 is 2.74 bits per heavy atom. The number of hydrogen-bond donors (Lipinski definition) is 1. The van der Waals surface area contributed by atoms with Crippen LogP contribution in [0.25, 0.3) is 0 Å². The molecular weight excluding hydrogens is 584 g/mol. The second kappa shape index (κ2) is 7.64. The van der Waals surface area contributed by atoms with E-state index >= 15 is 0 Å². The standard InChI is InChI=1S/C40H44N4O3/c1-3-36-19-22-25-18-30(44-28-11-7-5-9-24(28)38(31(22)44)14-16-42(34(36)38)21-29-32(36)47-29)43-17-15-39-23-8-4-6-10-27(23)41-40(39)13-12-37(25,35(39)43)20-26(40)33(45)46-2/h4-11,25-26,29-30,32,34-35,41H,3,12-21H2,1-2H3. The topological polar surface area (TPSA) is 60.6 Å². The number of hydrogen-bond acceptors (Lipinski definition) is 7. The lowest BCUT2D eigenvalue weighted by Crippen LogP contribution is -2.81. The van der Waals surface area contributed by atoms with Crippen molar-refractivity contribution in [2.24, 2.45) is 22.7 Å². The summed E-state index contributed by atoms with van der Waals surface area (Å²) < 4.78 is 12.4. The fraction of sp³-hybridized carbons (Fsp3) is 0.625. The molecule has 12 unspecified atom stereocenters. The van der Waals surface area contributed by atoms with Crippen molar-refractivity contribution in [3.8, 4) is 0 Å². The number of ether oxygens (including phenoxy) is 2. The van der Waals surface area contributed by atoms with Crippen molar-refractivity contribution in [3.63, 3.8) is 0 Å². The molecule has 0 radical (unpaired) electrons. The molecule has 4 spiro atoms. The summed E-state index contributed by atoms with van der Waals surface area (Å²) in [5, 5.41) is 4.13. The van der Waals surface area contributed by atoms with E-state index in [0.29, 0.717) is 36.4 Å². The number of carbonyl (C=O) groups is 1. The minimum atomic E-state index is -0.287. The number of esters is 1. The maximum Gasteiger partial charge on any atom is 0.311 e. The van der Waals surface area contributed by atoms with Gasteiger partial charge in [0, 0.05) is 53.1 Å². The van der Waals surface area contributed by atoms with Gasteiger partial charge >= 0.3 is 5.97 Å². The van der Waals surface area contributed by atoms with Crippen molar-refractivity contribution in [3.05, 3.63) is 70.9 Å². The number of rotatable bonds is 2. The zero-order valence-electron chi connectivity index (χ0n) is 27.5. The molecule has 12 atom stereocenters. The first-order chi connectivity index (χ1) is 23.0. The van der Waals surface area contributed by atoms with Gasteiger partial charge in [-0.3, -0.25) is 14.6 Å². The van der Waals surface area contributed by atoms with E-state index in [1.807, 2.05) is 0 Å². The second-order valence-electron chi connectivity index (χ2n) is 17.5. The third-order valence-corrected chi connectivity index (χ3v) is 17.1. The maximum absolute atomic E-state index is 14.1. The molecule has 14 rings (SSSR count). The van der Waals surface area contributed by atoms with Gasteiger partial charge in [0.05, 0.1) is 42.4 Å². The molecule has 8 heterocycles. The van der Waals surface area contributed by atoms with Crippen molar-refractivity contribution in [1.29, 1.82) is 0 Å². The van der Waals surface area contributed by atoms with Crippen molar-refractivity contribution in [1.82, 2.24) is 9.80 Å². The molecule has 7 nitrogen and oxygen atoms in total. The quantitative estimate of drug-likeness (QED) is 0.364. The lowest BCUT2D eigenvalue weighted by molar-refractivity contribution is -0.188. The van der Waals surface area contributed by atoms with Gasteiger partial charge in [0.15, 0.2) is 0 Å². The Morgan fingerprint density at radius 2 is 1.87 bits per heavy atom. The van der Waals surface area contributed by atoms with Crippen LogP contribution in [0.1, 0.15) is 69.4 Å². The number of para-hydroxylation sites is 2. The van der Waals surface area contributed by atoms with Gasteiger partial charge in [0.1, 0.15) is 0 Å². The maximum atomic E-state index is 14.1. The molecule has 4 aliphatic carbocycles. The molecule has 5 saturated heterocycles. The smallest absolute Gasteiger partial charge is 0.311 e. The van der Waals surface area contributed by atoms with Gasteiger partial charge < -0.3 is 19.7 Å². The Labute approximate surface area is 276 Å². The first-order valence-corrected chi connectivity index (χ1v) is 18.7. The van der Waals surface area contributed by atoms with Crippen LogP contribution in [0.2, 0.25) is 0 Å². The number of allylic oxidation sites excluding steroid dienone is 1. The molecule has 3 saturated carbocycles. The lowest BCUT2D eigenvalue weighted by Gasteiger charge is -2.74. The first kappa shape index (κ1) is 26.1. The normalized spacial score (nSPS) is 50.9.